The van der Waals surface area contributed by atoms with Crippen LogP contribution in [0, 0.1) is 5.92 Å². The lowest BCUT2D eigenvalue weighted by molar-refractivity contribution is 0.810. The second kappa shape index (κ2) is 3.00. The minimum absolute atomic E-state index is 0.407. The number of allylic oxidation sites excluding steroid dienone is 1. The molecule has 0 amide bonds. The van der Waals surface area contributed by atoms with Crippen LogP contribution >= 0.6 is 0 Å². The van der Waals surface area contributed by atoms with Gasteiger partial charge in [-0.2, -0.15) is 0 Å². The molecule has 0 saturated carbocycles. The Morgan fingerprint density at radius 1 is 1.50 bits per heavy atom. The maximum absolute atomic E-state index is 4.39. The molecule has 0 aromatic heterocycles. The highest BCUT2D eigenvalue weighted by atomic mass is 14.8. The lowest BCUT2D eigenvalue weighted by Crippen LogP contribution is -1.98. The maximum atomic E-state index is 4.39. The molecule has 0 radical (unpaired) electrons. The third-order valence-corrected chi connectivity index (χ3v) is 2.03. The Balaban J connectivity index is 2.71. The molecular formula is C9H15N. The molecule has 0 spiro atoms. The van der Waals surface area contributed by atoms with Gasteiger partial charge in [0.05, 0.1) is 6.04 Å². The van der Waals surface area contributed by atoms with Crippen LogP contribution in [0.2, 0.25) is 0 Å². The Kier molecular flexibility index (Phi) is 2.25. The summed E-state index contributed by atoms with van der Waals surface area (Å²) in [7, 11) is 0. The van der Waals surface area contributed by atoms with Crippen LogP contribution in [0.25, 0.3) is 0 Å². The quantitative estimate of drug-likeness (QED) is 0.455. The molecule has 56 valence electrons. The van der Waals surface area contributed by atoms with Crippen LogP contribution in [0.15, 0.2) is 16.6 Å². The van der Waals surface area contributed by atoms with E-state index < -0.39 is 0 Å². The van der Waals surface area contributed by atoms with Crippen molar-refractivity contribution in [1.29, 1.82) is 0 Å². The van der Waals surface area contributed by atoms with Crippen molar-refractivity contribution in [1.82, 2.24) is 0 Å². The minimum atomic E-state index is 0.407. The summed E-state index contributed by atoms with van der Waals surface area (Å²) in [6.07, 6.45) is 5.51. The van der Waals surface area contributed by atoms with E-state index in [1.54, 1.807) is 0 Å². The lowest BCUT2D eigenvalue weighted by Gasteiger charge is -2.02. The standard InChI is InChI=1S/C9H15N/c1-7-4-5-8(2)9(3)10-6-7/h5-7,9H,4H2,1-3H3. The van der Waals surface area contributed by atoms with Crippen LogP contribution in [0.4, 0.5) is 0 Å². The van der Waals surface area contributed by atoms with E-state index in [2.05, 4.69) is 38.1 Å². The monoisotopic (exact) mass is 137 g/mol. The first-order valence-electron chi connectivity index (χ1n) is 3.90. The van der Waals surface area contributed by atoms with Crippen LogP contribution in [0.3, 0.4) is 0 Å². The Bertz CT molecular complexity index is 168. The Labute approximate surface area is 62.9 Å². The second-order valence-electron chi connectivity index (χ2n) is 3.14. The molecule has 1 heteroatoms. The molecule has 0 saturated heterocycles. The van der Waals surface area contributed by atoms with Crippen molar-refractivity contribution in [2.45, 2.75) is 33.2 Å². The molecule has 0 aromatic carbocycles. The molecule has 1 heterocycles. The van der Waals surface area contributed by atoms with Crippen molar-refractivity contribution in [2.24, 2.45) is 10.9 Å². The third kappa shape index (κ3) is 1.69. The van der Waals surface area contributed by atoms with Crippen LogP contribution in [-0.4, -0.2) is 12.3 Å². The maximum Gasteiger partial charge on any atom is 0.0674 e. The molecule has 0 bridgehead atoms. The van der Waals surface area contributed by atoms with Gasteiger partial charge in [0.2, 0.25) is 0 Å². The number of hydrogen-bond acceptors (Lipinski definition) is 1. The Hall–Kier alpha value is -0.590. The molecule has 0 fully saturated rings. The van der Waals surface area contributed by atoms with Gasteiger partial charge in [-0.1, -0.05) is 18.6 Å². The minimum Gasteiger partial charge on any atom is -0.290 e. The van der Waals surface area contributed by atoms with Crippen LogP contribution in [-0.2, 0) is 0 Å². The zero-order chi connectivity index (χ0) is 7.56. The Morgan fingerprint density at radius 2 is 2.20 bits per heavy atom. The highest BCUT2D eigenvalue weighted by Crippen LogP contribution is 2.13. The topological polar surface area (TPSA) is 12.4 Å². The first-order valence-corrected chi connectivity index (χ1v) is 3.90. The van der Waals surface area contributed by atoms with Gasteiger partial charge in [-0.3, -0.25) is 4.99 Å². The summed E-state index contributed by atoms with van der Waals surface area (Å²) in [4.78, 5) is 4.39. The summed E-state index contributed by atoms with van der Waals surface area (Å²) in [6.45, 7) is 6.49. The van der Waals surface area contributed by atoms with Gasteiger partial charge in [0.1, 0.15) is 0 Å². The molecule has 1 aliphatic rings. The summed E-state index contributed by atoms with van der Waals surface area (Å²) in [5.41, 5.74) is 1.40. The molecule has 0 aromatic rings. The summed E-state index contributed by atoms with van der Waals surface area (Å²) in [6, 6.07) is 0.407. The molecule has 1 aliphatic heterocycles. The lowest BCUT2D eigenvalue weighted by atomic mass is 10.1. The van der Waals surface area contributed by atoms with Gasteiger partial charge in [-0.25, -0.2) is 0 Å². The molecule has 1 nitrogen and oxygen atoms in total. The fourth-order valence-corrected chi connectivity index (χ4v) is 0.997. The van der Waals surface area contributed by atoms with E-state index in [0.29, 0.717) is 12.0 Å². The van der Waals surface area contributed by atoms with E-state index >= 15 is 0 Å². The van der Waals surface area contributed by atoms with E-state index in [-0.39, 0.29) is 0 Å². The van der Waals surface area contributed by atoms with Gasteiger partial charge in [-0.05, 0) is 26.2 Å². The van der Waals surface area contributed by atoms with Crippen molar-refractivity contribution in [3.05, 3.63) is 11.6 Å². The van der Waals surface area contributed by atoms with Crippen molar-refractivity contribution >= 4 is 6.21 Å². The predicted molar refractivity (Wildman–Crippen MR) is 45.5 cm³/mol. The van der Waals surface area contributed by atoms with Gasteiger partial charge < -0.3 is 0 Å². The zero-order valence-electron chi connectivity index (χ0n) is 6.96. The van der Waals surface area contributed by atoms with Crippen LogP contribution in [0.5, 0.6) is 0 Å². The molecule has 0 aliphatic carbocycles. The highest BCUT2D eigenvalue weighted by Gasteiger charge is 2.06. The van der Waals surface area contributed by atoms with Crippen molar-refractivity contribution < 1.29 is 0 Å². The Morgan fingerprint density at radius 3 is 2.90 bits per heavy atom. The van der Waals surface area contributed by atoms with Crippen LogP contribution in [0.1, 0.15) is 27.2 Å². The summed E-state index contributed by atoms with van der Waals surface area (Å²) >= 11 is 0. The van der Waals surface area contributed by atoms with Crippen molar-refractivity contribution in [2.75, 3.05) is 0 Å². The number of rotatable bonds is 0. The zero-order valence-corrected chi connectivity index (χ0v) is 6.96. The molecular weight excluding hydrogens is 122 g/mol. The SMILES string of the molecule is CC1=CCC(C)C=NC1C. The summed E-state index contributed by atoms with van der Waals surface area (Å²) in [5.74, 6) is 0.625. The smallest absolute Gasteiger partial charge is 0.0674 e. The molecule has 0 N–H and O–H groups in total. The van der Waals surface area contributed by atoms with E-state index in [1.807, 2.05) is 0 Å². The van der Waals surface area contributed by atoms with E-state index in [9.17, 15) is 0 Å². The average Bonchev–Trinajstić information content (AvgIpc) is 2.04. The number of aliphatic imine (C=N–C) groups is 1. The average molecular weight is 137 g/mol. The molecule has 2 atom stereocenters. The first-order chi connectivity index (χ1) is 4.70. The largest absolute Gasteiger partial charge is 0.290 e. The van der Waals surface area contributed by atoms with Gasteiger partial charge in [-0.15, -0.1) is 0 Å². The number of nitrogens with zero attached hydrogens (tertiary/aromatic N) is 1. The van der Waals surface area contributed by atoms with Gasteiger partial charge in [0.25, 0.3) is 0 Å². The van der Waals surface area contributed by atoms with Crippen molar-refractivity contribution in [3.63, 3.8) is 0 Å². The molecule has 1 rings (SSSR count). The van der Waals surface area contributed by atoms with Crippen LogP contribution < -0.4 is 0 Å². The fraction of sp³-hybridized carbons (Fsp3) is 0.667. The number of hydrogen-bond donors (Lipinski definition) is 0. The van der Waals surface area contributed by atoms with E-state index in [0.717, 1.165) is 6.42 Å². The van der Waals surface area contributed by atoms with Crippen molar-refractivity contribution in [3.8, 4) is 0 Å². The fourth-order valence-electron chi connectivity index (χ4n) is 0.997. The normalized spacial score (nSPS) is 33.3. The first kappa shape index (κ1) is 7.52. The van der Waals surface area contributed by atoms with Gasteiger partial charge in [0, 0.05) is 6.21 Å². The summed E-state index contributed by atoms with van der Waals surface area (Å²) < 4.78 is 0. The van der Waals surface area contributed by atoms with Gasteiger partial charge in [0.15, 0.2) is 0 Å². The summed E-state index contributed by atoms with van der Waals surface area (Å²) in [5, 5.41) is 0. The second-order valence-corrected chi connectivity index (χ2v) is 3.14. The van der Waals surface area contributed by atoms with E-state index in [4.69, 9.17) is 0 Å². The highest BCUT2D eigenvalue weighted by molar-refractivity contribution is 5.61. The predicted octanol–water partition coefficient (Wildman–Crippen LogP) is 2.43. The van der Waals surface area contributed by atoms with E-state index in [1.165, 1.54) is 5.57 Å². The third-order valence-electron chi connectivity index (χ3n) is 2.03. The van der Waals surface area contributed by atoms with Gasteiger partial charge >= 0.3 is 0 Å². The molecule has 10 heavy (non-hydrogen) atoms. The molecule has 2 unspecified atom stereocenters.